The van der Waals surface area contributed by atoms with Crippen LogP contribution in [-0.2, 0) is 4.79 Å². The lowest BCUT2D eigenvalue weighted by molar-refractivity contribution is -0.146. The summed E-state index contributed by atoms with van der Waals surface area (Å²) in [4.78, 5) is 21.9. The second-order valence-electron chi connectivity index (χ2n) is 4.10. The average Bonchev–Trinajstić information content (AvgIpc) is 2.35. The number of carbonyl (C=O) groups excluding carboxylic acids is 1. The molecule has 110 valence electrons. The third kappa shape index (κ3) is 4.88. The molecule has 6 nitrogen and oxygen atoms in total. The lowest BCUT2D eigenvalue weighted by Gasteiger charge is -2.11. The molecule has 2 amide bonds. The van der Waals surface area contributed by atoms with E-state index in [-0.39, 0.29) is 13.0 Å². The smallest absolute Gasteiger partial charge is 0.332 e. The quantitative estimate of drug-likeness (QED) is 0.668. The first-order valence-electron chi connectivity index (χ1n) is 5.72. The number of aliphatic hydroxyl groups excluding tert-OH is 1. The molecular weight excluding hydrogens is 307 g/mol. The van der Waals surface area contributed by atoms with Crippen molar-refractivity contribution in [2.24, 2.45) is 0 Å². The standard InChI is InChI=1S/C12H14Cl2N2O4/c1-6-4-8(14)9(5-7(6)13)16-12(20)15-3-2-10(17)11(18)19/h4-5,10,17H,2-3H2,1H3,(H,18,19)(H2,15,16,20)/t10-/m0/s1. The van der Waals surface area contributed by atoms with E-state index in [0.29, 0.717) is 15.7 Å². The fraction of sp³-hybridized carbons (Fsp3) is 0.333. The number of nitrogens with one attached hydrogen (secondary N) is 2. The predicted molar refractivity (Wildman–Crippen MR) is 76.5 cm³/mol. The second-order valence-corrected chi connectivity index (χ2v) is 4.92. The van der Waals surface area contributed by atoms with E-state index in [1.807, 2.05) is 0 Å². The minimum Gasteiger partial charge on any atom is -0.479 e. The summed E-state index contributed by atoms with van der Waals surface area (Å²) in [7, 11) is 0. The number of anilines is 1. The van der Waals surface area contributed by atoms with Crippen LogP contribution in [0.15, 0.2) is 12.1 Å². The highest BCUT2D eigenvalue weighted by atomic mass is 35.5. The van der Waals surface area contributed by atoms with E-state index in [1.165, 1.54) is 6.07 Å². The maximum atomic E-state index is 11.6. The van der Waals surface area contributed by atoms with Crippen molar-refractivity contribution in [2.45, 2.75) is 19.4 Å². The minimum absolute atomic E-state index is 0.0104. The van der Waals surface area contributed by atoms with Crippen molar-refractivity contribution >= 4 is 40.9 Å². The van der Waals surface area contributed by atoms with Crippen molar-refractivity contribution in [1.29, 1.82) is 0 Å². The van der Waals surface area contributed by atoms with Gasteiger partial charge in [0.2, 0.25) is 0 Å². The maximum Gasteiger partial charge on any atom is 0.332 e. The zero-order valence-electron chi connectivity index (χ0n) is 10.6. The number of urea groups is 1. The molecule has 0 fully saturated rings. The molecule has 0 unspecified atom stereocenters. The molecular formula is C12H14Cl2N2O4. The van der Waals surface area contributed by atoms with Crippen LogP contribution in [0.3, 0.4) is 0 Å². The van der Waals surface area contributed by atoms with Gasteiger partial charge in [-0.05, 0) is 24.6 Å². The Morgan fingerprint density at radius 1 is 1.30 bits per heavy atom. The van der Waals surface area contributed by atoms with Crippen LogP contribution in [0.2, 0.25) is 10.0 Å². The number of benzene rings is 1. The van der Waals surface area contributed by atoms with Crippen LogP contribution in [-0.4, -0.2) is 34.9 Å². The van der Waals surface area contributed by atoms with Crippen molar-refractivity contribution in [2.75, 3.05) is 11.9 Å². The number of aryl methyl sites for hydroxylation is 1. The lowest BCUT2D eigenvalue weighted by Crippen LogP contribution is -2.33. The van der Waals surface area contributed by atoms with E-state index in [1.54, 1.807) is 13.0 Å². The summed E-state index contributed by atoms with van der Waals surface area (Å²) in [6.07, 6.45) is -1.60. The Morgan fingerprint density at radius 3 is 2.55 bits per heavy atom. The van der Waals surface area contributed by atoms with Crippen LogP contribution in [0.4, 0.5) is 10.5 Å². The van der Waals surface area contributed by atoms with Crippen LogP contribution < -0.4 is 10.6 Å². The molecule has 1 aromatic carbocycles. The van der Waals surface area contributed by atoms with Gasteiger partial charge in [-0.3, -0.25) is 0 Å². The lowest BCUT2D eigenvalue weighted by atomic mass is 10.2. The summed E-state index contributed by atoms with van der Waals surface area (Å²) in [6.45, 7) is 1.79. The third-order valence-corrected chi connectivity index (χ3v) is 3.20. The van der Waals surface area contributed by atoms with E-state index in [4.69, 9.17) is 33.4 Å². The highest BCUT2D eigenvalue weighted by molar-refractivity contribution is 6.36. The average molecular weight is 321 g/mol. The third-order valence-electron chi connectivity index (χ3n) is 2.48. The van der Waals surface area contributed by atoms with Gasteiger partial charge in [0.05, 0.1) is 10.7 Å². The fourth-order valence-corrected chi connectivity index (χ4v) is 1.78. The van der Waals surface area contributed by atoms with Gasteiger partial charge in [-0.25, -0.2) is 9.59 Å². The van der Waals surface area contributed by atoms with Crippen molar-refractivity contribution in [1.82, 2.24) is 5.32 Å². The molecule has 0 aliphatic carbocycles. The van der Waals surface area contributed by atoms with Gasteiger partial charge in [0, 0.05) is 18.0 Å². The minimum atomic E-state index is -1.51. The number of carbonyl (C=O) groups is 2. The molecule has 20 heavy (non-hydrogen) atoms. The van der Waals surface area contributed by atoms with Gasteiger partial charge in [0.1, 0.15) is 0 Å². The summed E-state index contributed by atoms with van der Waals surface area (Å²) in [5.74, 6) is -1.33. The van der Waals surface area contributed by atoms with Gasteiger partial charge < -0.3 is 20.8 Å². The van der Waals surface area contributed by atoms with E-state index in [9.17, 15) is 9.59 Å². The maximum absolute atomic E-state index is 11.6. The van der Waals surface area contributed by atoms with Gasteiger partial charge in [-0.1, -0.05) is 23.2 Å². The van der Waals surface area contributed by atoms with Gasteiger partial charge in [0.25, 0.3) is 0 Å². The molecule has 0 saturated heterocycles. The molecule has 0 radical (unpaired) electrons. The molecule has 4 N–H and O–H groups in total. The molecule has 0 aromatic heterocycles. The first-order valence-corrected chi connectivity index (χ1v) is 6.48. The Hall–Kier alpha value is -1.50. The van der Waals surface area contributed by atoms with E-state index >= 15 is 0 Å². The Bertz CT molecular complexity index is 522. The summed E-state index contributed by atoms with van der Waals surface area (Å²) >= 11 is 11.9. The van der Waals surface area contributed by atoms with Crippen LogP contribution in [0, 0.1) is 6.92 Å². The van der Waals surface area contributed by atoms with Crippen molar-refractivity contribution in [3.63, 3.8) is 0 Å². The Morgan fingerprint density at radius 2 is 1.95 bits per heavy atom. The summed E-state index contributed by atoms with van der Waals surface area (Å²) in [6, 6.07) is 2.57. The first kappa shape index (κ1) is 16.6. The summed E-state index contributed by atoms with van der Waals surface area (Å²) < 4.78 is 0. The first-order chi connectivity index (χ1) is 9.31. The van der Waals surface area contributed by atoms with Gasteiger partial charge in [-0.15, -0.1) is 0 Å². The highest BCUT2D eigenvalue weighted by Crippen LogP contribution is 2.28. The highest BCUT2D eigenvalue weighted by Gasteiger charge is 2.13. The monoisotopic (exact) mass is 320 g/mol. The zero-order chi connectivity index (χ0) is 15.3. The number of rotatable bonds is 5. The largest absolute Gasteiger partial charge is 0.479 e. The van der Waals surface area contributed by atoms with Crippen LogP contribution in [0.1, 0.15) is 12.0 Å². The second kappa shape index (κ2) is 7.33. The Labute approximate surface area is 125 Å². The van der Waals surface area contributed by atoms with Crippen molar-refractivity contribution < 1.29 is 19.8 Å². The number of aliphatic carboxylic acids is 1. The Balaban J connectivity index is 2.51. The topological polar surface area (TPSA) is 98.7 Å². The van der Waals surface area contributed by atoms with E-state index in [0.717, 1.165) is 5.56 Å². The SMILES string of the molecule is Cc1cc(Cl)c(NC(=O)NCC[C@H](O)C(=O)O)cc1Cl. The number of aliphatic hydroxyl groups is 1. The molecule has 0 heterocycles. The van der Waals surface area contributed by atoms with Crippen LogP contribution in [0.5, 0.6) is 0 Å². The number of halogens is 2. The zero-order valence-corrected chi connectivity index (χ0v) is 12.1. The molecule has 1 rings (SSSR count). The molecule has 0 spiro atoms. The Kier molecular flexibility index (Phi) is 6.06. The van der Waals surface area contributed by atoms with Gasteiger partial charge in [-0.2, -0.15) is 0 Å². The van der Waals surface area contributed by atoms with E-state index < -0.39 is 18.1 Å². The number of hydrogen-bond donors (Lipinski definition) is 4. The molecule has 0 bridgehead atoms. The molecule has 1 aromatic rings. The molecule has 1 atom stereocenters. The molecule has 0 aliphatic heterocycles. The van der Waals surface area contributed by atoms with Gasteiger partial charge in [0.15, 0.2) is 6.10 Å². The normalized spacial score (nSPS) is 11.8. The summed E-state index contributed by atoms with van der Waals surface area (Å²) in [5.41, 5.74) is 1.13. The van der Waals surface area contributed by atoms with Gasteiger partial charge >= 0.3 is 12.0 Å². The molecule has 8 heteroatoms. The van der Waals surface area contributed by atoms with Crippen LogP contribution >= 0.6 is 23.2 Å². The number of amides is 2. The van der Waals surface area contributed by atoms with E-state index in [2.05, 4.69) is 10.6 Å². The molecule has 0 aliphatic rings. The number of carboxylic acid groups (broad SMARTS) is 1. The number of carboxylic acids is 1. The van der Waals surface area contributed by atoms with Crippen molar-refractivity contribution in [3.8, 4) is 0 Å². The summed E-state index contributed by atoms with van der Waals surface area (Å²) in [5, 5.41) is 23.2. The predicted octanol–water partition coefficient (Wildman–Crippen LogP) is 2.26. The van der Waals surface area contributed by atoms with Crippen LogP contribution in [0.25, 0.3) is 0 Å². The molecule has 0 saturated carbocycles. The number of hydrogen-bond acceptors (Lipinski definition) is 3. The fourth-order valence-electron chi connectivity index (χ4n) is 1.35. The van der Waals surface area contributed by atoms with Crippen molar-refractivity contribution in [3.05, 3.63) is 27.7 Å².